The zero-order valence-electron chi connectivity index (χ0n) is 6.46. The fraction of sp³-hybridized carbons (Fsp3) is 0.375. The molecular formula is C8H9IN2O. The van der Waals surface area contributed by atoms with Crippen molar-refractivity contribution in [3.05, 3.63) is 16.0 Å². The number of nitrogens with zero attached hydrogens (tertiary/aromatic N) is 1. The highest BCUT2D eigenvalue weighted by molar-refractivity contribution is 14.1. The number of aromatic nitrogens is 1. The Labute approximate surface area is 84.5 Å². The van der Waals surface area contributed by atoms with Gasteiger partial charge in [-0.1, -0.05) is 0 Å². The van der Waals surface area contributed by atoms with Crippen molar-refractivity contribution >= 4 is 28.3 Å². The molecular weight excluding hydrogens is 267 g/mol. The predicted molar refractivity (Wildman–Crippen MR) is 55.0 cm³/mol. The van der Waals surface area contributed by atoms with Crippen LogP contribution in [0.2, 0.25) is 0 Å². The Hall–Kier alpha value is -0.520. The third kappa shape index (κ3) is 1.63. The topological polar surface area (TPSA) is 48.1 Å². The van der Waals surface area contributed by atoms with Gasteiger partial charge in [0.2, 0.25) is 0 Å². The molecule has 64 valence electrons. The monoisotopic (exact) mass is 276 g/mol. The van der Waals surface area contributed by atoms with Crippen LogP contribution in [-0.4, -0.2) is 11.1 Å². The minimum Gasteiger partial charge on any atom is -0.488 e. The lowest BCUT2D eigenvalue weighted by Crippen LogP contribution is -2.02. The van der Waals surface area contributed by atoms with E-state index < -0.39 is 0 Å². The van der Waals surface area contributed by atoms with E-state index in [2.05, 4.69) is 27.6 Å². The molecule has 4 heteroatoms. The lowest BCUT2D eigenvalue weighted by molar-refractivity contribution is 0.304. The molecule has 1 saturated carbocycles. The maximum Gasteiger partial charge on any atom is 0.146 e. The van der Waals surface area contributed by atoms with Gasteiger partial charge in [0.05, 0.1) is 6.10 Å². The van der Waals surface area contributed by atoms with Gasteiger partial charge < -0.3 is 10.5 Å². The number of nitrogen functional groups attached to an aromatic ring is 1. The summed E-state index contributed by atoms with van der Waals surface area (Å²) < 4.78 is 6.38. The largest absolute Gasteiger partial charge is 0.488 e. The summed E-state index contributed by atoms with van der Waals surface area (Å²) in [6.45, 7) is 0. The number of hydrogen-bond acceptors (Lipinski definition) is 3. The van der Waals surface area contributed by atoms with Crippen LogP contribution in [0.1, 0.15) is 12.8 Å². The van der Waals surface area contributed by atoms with Crippen molar-refractivity contribution in [1.29, 1.82) is 0 Å². The van der Waals surface area contributed by atoms with E-state index in [0.717, 1.165) is 22.3 Å². The first-order valence-corrected chi connectivity index (χ1v) is 4.92. The number of pyridine rings is 1. The number of rotatable bonds is 2. The third-order valence-electron chi connectivity index (χ3n) is 1.72. The Morgan fingerprint density at radius 2 is 2.33 bits per heavy atom. The van der Waals surface area contributed by atoms with Gasteiger partial charge in [-0.25, -0.2) is 4.98 Å². The van der Waals surface area contributed by atoms with Gasteiger partial charge in [0.1, 0.15) is 15.1 Å². The summed E-state index contributed by atoms with van der Waals surface area (Å²) in [5, 5.41) is 0. The summed E-state index contributed by atoms with van der Waals surface area (Å²) in [6, 6.07) is 1.82. The van der Waals surface area contributed by atoms with Crippen molar-refractivity contribution in [2.75, 3.05) is 5.73 Å². The van der Waals surface area contributed by atoms with Gasteiger partial charge in [-0.3, -0.25) is 0 Å². The van der Waals surface area contributed by atoms with E-state index in [1.54, 1.807) is 6.20 Å². The first-order chi connectivity index (χ1) is 5.77. The normalized spacial score (nSPS) is 16.1. The van der Waals surface area contributed by atoms with Gasteiger partial charge >= 0.3 is 0 Å². The first kappa shape index (κ1) is 8.10. The molecule has 0 radical (unpaired) electrons. The molecule has 0 spiro atoms. The highest BCUT2D eigenvalue weighted by Crippen LogP contribution is 2.31. The van der Waals surface area contributed by atoms with Crippen LogP contribution in [0.4, 0.5) is 5.69 Å². The van der Waals surface area contributed by atoms with Gasteiger partial charge in [0.25, 0.3) is 0 Å². The van der Waals surface area contributed by atoms with Crippen molar-refractivity contribution < 1.29 is 4.74 Å². The first-order valence-electron chi connectivity index (χ1n) is 3.84. The molecule has 0 aliphatic heterocycles. The summed E-state index contributed by atoms with van der Waals surface area (Å²) >= 11 is 2.10. The zero-order chi connectivity index (χ0) is 8.55. The third-order valence-corrected chi connectivity index (χ3v) is 2.58. The maximum absolute atomic E-state index is 5.76. The average Bonchev–Trinajstić information content (AvgIpc) is 2.83. The van der Waals surface area contributed by atoms with Crippen LogP contribution in [-0.2, 0) is 0 Å². The Morgan fingerprint density at radius 1 is 1.58 bits per heavy atom. The Kier molecular flexibility index (Phi) is 2.08. The average molecular weight is 276 g/mol. The second kappa shape index (κ2) is 3.08. The molecule has 2 rings (SSSR count). The summed E-state index contributed by atoms with van der Waals surface area (Å²) in [7, 11) is 0. The highest BCUT2D eigenvalue weighted by atomic mass is 127. The highest BCUT2D eigenvalue weighted by Gasteiger charge is 2.24. The van der Waals surface area contributed by atoms with Gasteiger partial charge in [-0.05, 0) is 35.4 Å². The summed E-state index contributed by atoms with van der Waals surface area (Å²) in [6.07, 6.45) is 4.41. The van der Waals surface area contributed by atoms with Gasteiger partial charge in [-0.2, -0.15) is 0 Å². The van der Waals surface area contributed by atoms with E-state index in [9.17, 15) is 0 Å². The van der Waals surface area contributed by atoms with Gasteiger partial charge in [0.15, 0.2) is 0 Å². The molecule has 1 aromatic rings. The Bertz CT molecular complexity index is 299. The lowest BCUT2D eigenvalue weighted by Gasteiger charge is -2.07. The van der Waals surface area contributed by atoms with Crippen LogP contribution in [0.25, 0.3) is 0 Å². The molecule has 1 aliphatic rings. The quantitative estimate of drug-likeness (QED) is 0.662. The van der Waals surface area contributed by atoms with Crippen molar-refractivity contribution in [3.8, 4) is 5.75 Å². The molecule has 1 aliphatic carbocycles. The van der Waals surface area contributed by atoms with E-state index in [1.807, 2.05) is 6.07 Å². The van der Waals surface area contributed by atoms with Crippen LogP contribution in [0.15, 0.2) is 12.3 Å². The van der Waals surface area contributed by atoms with E-state index in [1.165, 1.54) is 0 Å². The van der Waals surface area contributed by atoms with E-state index in [0.29, 0.717) is 11.8 Å². The van der Waals surface area contributed by atoms with Crippen LogP contribution in [0.3, 0.4) is 0 Å². The minimum absolute atomic E-state index is 0.394. The second-order valence-corrected chi connectivity index (χ2v) is 3.85. The Balaban J connectivity index is 2.23. The second-order valence-electron chi connectivity index (χ2n) is 2.83. The SMILES string of the molecule is Nc1c(OC2CC2)ccnc1I. The fourth-order valence-corrected chi connectivity index (χ4v) is 1.33. The zero-order valence-corrected chi connectivity index (χ0v) is 8.61. The molecule has 2 N–H and O–H groups in total. The molecule has 0 atom stereocenters. The smallest absolute Gasteiger partial charge is 0.146 e. The van der Waals surface area contributed by atoms with Gasteiger partial charge in [-0.15, -0.1) is 0 Å². The predicted octanol–water partition coefficient (Wildman–Crippen LogP) is 1.81. The van der Waals surface area contributed by atoms with Crippen molar-refractivity contribution in [3.63, 3.8) is 0 Å². The minimum atomic E-state index is 0.394. The number of anilines is 1. The van der Waals surface area contributed by atoms with Gasteiger partial charge in [0, 0.05) is 12.3 Å². The molecule has 12 heavy (non-hydrogen) atoms. The van der Waals surface area contributed by atoms with Crippen molar-refractivity contribution in [1.82, 2.24) is 4.98 Å². The number of ether oxygens (including phenoxy) is 1. The molecule has 0 aromatic carbocycles. The molecule has 3 nitrogen and oxygen atoms in total. The van der Waals surface area contributed by atoms with Crippen molar-refractivity contribution in [2.24, 2.45) is 0 Å². The standard InChI is InChI=1S/C8H9IN2O/c9-8-7(10)6(3-4-11-8)12-5-1-2-5/h3-5H,1-2,10H2. The van der Waals surface area contributed by atoms with Crippen LogP contribution < -0.4 is 10.5 Å². The number of hydrogen-bond donors (Lipinski definition) is 1. The maximum atomic E-state index is 5.76. The molecule has 1 aromatic heterocycles. The molecule has 0 saturated heterocycles. The van der Waals surface area contributed by atoms with Crippen LogP contribution in [0.5, 0.6) is 5.75 Å². The van der Waals surface area contributed by atoms with Crippen molar-refractivity contribution in [2.45, 2.75) is 18.9 Å². The van der Waals surface area contributed by atoms with Crippen LogP contribution in [0, 0.1) is 3.70 Å². The van der Waals surface area contributed by atoms with E-state index in [4.69, 9.17) is 10.5 Å². The summed E-state index contributed by atoms with van der Waals surface area (Å²) in [5.41, 5.74) is 6.42. The van der Waals surface area contributed by atoms with Crippen LogP contribution >= 0.6 is 22.6 Å². The number of nitrogens with two attached hydrogens (primary N) is 1. The van der Waals surface area contributed by atoms with E-state index >= 15 is 0 Å². The molecule has 0 unspecified atom stereocenters. The lowest BCUT2D eigenvalue weighted by atomic mass is 10.4. The molecule has 1 heterocycles. The van der Waals surface area contributed by atoms with E-state index in [-0.39, 0.29) is 0 Å². The summed E-state index contributed by atoms with van der Waals surface area (Å²) in [5.74, 6) is 0.775. The fourth-order valence-electron chi connectivity index (χ4n) is 0.900. The Morgan fingerprint density at radius 3 is 3.00 bits per heavy atom. The molecule has 0 bridgehead atoms. The number of halogens is 1. The summed E-state index contributed by atoms with van der Waals surface area (Å²) in [4.78, 5) is 4.05. The molecule has 0 amide bonds. The molecule has 1 fully saturated rings.